The van der Waals surface area contributed by atoms with Crippen molar-refractivity contribution in [2.24, 2.45) is 0 Å². The van der Waals surface area contributed by atoms with Gasteiger partial charge in [-0.25, -0.2) is 8.42 Å². The molecule has 0 bridgehead atoms. The van der Waals surface area contributed by atoms with Crippen LogP contribution in [0.15, 0.2) is 53.4 Å². The van der Waals surface area contributed by atoms with Crippen LogP contribution in [0.25, 0.3) is 0 Å². The van der Waals surface area contributed by atoms with Crippen LogP contribution in [-0.4, -0.2) is 57.6 Å². The lowest BCUT2D eigenvalue weighted by atomic mass is 10.1. The maximum absolute atomic E-state index is 12.7. The minimum absolute atomic E-state index is 0.0875. The highest BCUT2D eigenvalue weighted by Crippen LogP contribution is 2.32. The summed E-state index contributed by atoms with van der Waals surface area (Å²) in [6.07, 6.45) is 0.829. The first-order valence-corrected chi connectivity index (χ1v) is 11.1. The molecule has 0 N–H and O–H groups in total. The van der Waals surface area contributed by atoms with Crippen LogP contribution in [0.5, 0.6) is 5.75 Å². The predicted molar refractivity (Wildman–Crippen MR) is 109 cm³/mol. The molecule has 29 heavy (non-hydrogen) atoms. The Morgan fingerprint density at radius 1 is 1.10 bits per heavy atom. The highest BCUT2D eigenvalue weighted by Gasteiger charge is 2.31. The van der Waals surface area contributed by atoms with E-state index in [1.807, 2.05) is 31.2 Å². The van der Waals surface area contributed by atoms with Gasteiger partial charge in [-0.15, -0.1) is 0 Å². The fourth-order valence-corrected chi connectivity index (χ4v) is 5.21. The summed E-state index contributed by atoms with van der Waals surface area (Å²) in [5.74, 6) is 0.340. The Hall–Kier alpha value is -2.42. The molecule has 2 heterocycles. The molecule has 2 aliphatic rings. The molecule has 0 unspecified atom stereocenters. The maximum Gasteiger partial charge on any atom is 0.265 e. The Morgan fingerprint density at radius 3 is 2.52 bits per heavy atom. The zero-order valence-corrected chi connectivity index (χ0v) is 17.1. The average molecular weight is 416 g/mol. The normalized spacial score (nSPS) is 19.8. The highest BCUT2D eigenvalue weighted by molar-refractivity contribution is 7.89. The standard InChI is InChI=1S/C21H24N2O5S/c1-16-14-17-4-2-3-5-20(17)23(16)21(24)15-28-18-6-8-19(9-7-18)29(25,26)22-10-12-27-13-11-22/h2-9,16H,10-15H2,1H3/t16-/m0/s1. The van der Waals surface area contributed by atoms with E-state index in [-0.39, 0.29) is 23.5 Å². The molecule has 2 aromatic rings. The minimum atomic E-state index is -3.54. The molecule has 2 aromatic carbocycles. The summed E-state index contributed by atoms with van der Waals surface area (Å²) in [5, 5.41) is 0. The largest absolute Gasteiger partial charge is 0.484 e. The van der Waals surface area contributed by atoms with Gasteiger partial charge in [0, 0.05) is 24.8 Å². The van der Waals surface area contributed by atoms with Crippen LogP contribution in [0.1, 0.15) is 12.5 Å². The van der Waals surface area contributed by atoms with E-state index in [1.54, 1.807) is 17.0 Å². The molecule has 0 aliphatic carbocycles. The molecule has 154 valence electrons. The van der Waals surface area contributed by atoms with Crippen molar-refractivity contribution in [1.29, 1.82) is 0 Å². The molecule has 4 rings (SSSR count). The third-order valence-electron chi connectivity index (χ3n) is 5.27. The Kier molecular flexibility index (Phi) is 5.58. The van der Waals surface area contributed by atoms with Crippen molar-refractivity contribution < 1.29 is 22.7 Å². The van der Waals surface area contributed by atoms with E-state index >= 15 is 0 Å². The van der Waals surface area contributed by atoms with E-state index < -0.39 is 10.0 Å². The van der Waals surface area contributed by atoms with Gasteiger partial charge in [0.2, 0.25) is 10.0 Å². The van der Waals surface area contributed by atoms with Crippen LogP contribution in [0.3, 0.4) is 0 Å². The summed E-state index contributed by atoms with van der Waals surface area (Å²) in [4.78, 5) is 14.7. The number of morpholine rings is 1. The minimum Gasteiger partial charge on any atom is -0.484 e. The Bertz CT molecular complexity index is 984. The number of anilines is 1. The third-order valence-corrected chi connectivity index (χ3v) is 7.18. The van der Waals surface area contributed by atoms with Gasteiger partial charge < -0.3 is 14.4 Å². The number of hydrogen-bond acceptors (Lipinski definition) is 5. The number of sulfonamides is 1. The summed E-state index contributed by atoms with van der Waals surface area (Å²) >= 11 is 0. The van der Waals surface area contributed by atoms with E-state index in [0.717, 1.165) is 17.7 Å². The molecule has 2 aliphatic heterocycles. The number of carbonyl (C=O) groups excluding carboxylic acids is 1. The van der Waals surface area contributed by atoms with E-state index in [4.69, 9.17) is 9.47 Å². The molecule has 0 aromatic heterocycles. The summed E-state index contributed by atoms with van der Waals surface area (Å²) in [6, 6.07) is 14.2. The van der Waals surface area contributed by atoms with E-state index in [0.29, 0.717) is 32.1 Å². The molecular formula is C21H24N2O5S. The van der Waals surface area contributed by atoms with E-state index in [9.17, 15) is 13.2 Å². The van der Waals surface area contributed by atoms with Crippen LogP contribution in [0.2, 0.25) is 0 Å². The number of para-hydroxylation sites is 1. The predicted octanol–water partition coefficient (Wildman–Crippen LogP) is 2.06. The fourth-order valence-electron chi connectivity index (χ4n) is 3.80. The van der Waals surface area contributed by atoms with Crippen molar-refractivity contribution in [2.75, 3.05) is 37.8 Å². The van der Waals surface area contributed by atoms with Gasteiger partial charge in [0.15, 0.2) is 6.61 Å². The Morgan fingerprint density at radius 2 is 1.79 bits per heavy atom. The molecular weight excluding hydrogens is 392 g/mol. The molecule has 0 spiro atoms. The van der Waals surface area contributed by atoms with Gasteiger partial charge in [0.25, 0.3) is 5.91 Å². The maximum atomic E-state index is 12.7. The van der Waals surface area contributed by atoms with Crippen molar-refractivity contribution in [3.8, 4) is 5.75 Å². The van der Waals surface area contributed by atoms with Gasteiger partial charge in [-0.3, -0.25) is 4.79 Å². The van der Waals surface area contributed by atoms with Crippen LogP contribution in [0.4, 0.5) is 5.69 Å². The SMILES string of the molecule is C[C@H]1Cc2ccccc2N1C(=O)COc1ccc(S(=O)(=O)N2CCOCC2)cc1. The van der Waals surface area contributed by atoms with Gasteiger partial charge in [-0.1, -0.05) is 18.2 Å². The van der Waals surface area contributed by atoms with Crippen molar-refractivity contribution in [3.05, 3.63) is 54.1 Å². The number of ether oxygens (including phenoxy) is 2. The topological polar surface area (TPSA) is 76.2 Å². The molecule has 1 fully saturated rings. The number of hydrogen-bond donors (Lipinski definition) is 0. The molecule has 7 nitrogen and oxygen atoms in total. The number of nitrogens with zero attached hydrogens (tertiary/aromatic N) is 2. The zero-order chi connectivity index (χ0) is 20.4. The number of rotatable bonds is 5. The Labute approximate surface area is 170 Å². The quantitative estimate of drug-likeness (QED) is 0.746. The van der Waals surface area contributed by atoms with Crippen LogP contribution in [0, 0.1) is 0 Å². The fraction of sp³-hybridized carbons (Fsp3) is 0.381. The molecule has 1 amide bonds. The van der Waals surface area contributed by atoms with Crippen molar-refractivity contribution in [3.63, 3.8) is 0 Å². The number of benzene rings is 2. The summed E-state index contributed by atoms with van der Waals surface area (Å²) in [6.45, 7) is 3.42. The first-order chi connectivity index (χ1) is 14.0. The van der Waals surface area contributed by atoms with Gasteiger partial charge in [0.1, 0.15) is 5.75 Å². The Balaban J connectivity index is 1.40. The second-order valence-electron chi connectivity index (χ2n) is 7.22. The third kappa shape index (κ3) is 4.01. The van der Waals surface area contributed by atoms with Gasteiger partial charge in [-0.05, 0) is 49.2 Å². The van der Waals surface area contributed by atoms with Gasteiger partial charge >= 0.3 is 0 Å². The van der Waals surface area contributed by atoms with Crippen molar-refractivity contribution in [1.82, 2.24) is 4.31 Å². The van der Waals surface area contributed by atoms with Crippen LogP contribution in [-0.2, 0) is 26.0 Å². The summed E-state index contributed by atoms with van der Waals surface area (Å²) < 4.78 is 37.6. The smallest absolute Gasteiger partial charge is 0.265 e. The highest BCUT2D eigenvalue weighted by atomic mass is 32.2. The number of fused-ring (bicyclic) bond motifs is 1. The summed E-state index contributed by atoms with van der Waals surface area (Å²) in [5.41, 5.74) is 2.09. The van der Waals surface area contributed by atoms with Crippen LogP contribution >= 0.6 is 0 Å². The monoisotopic (exact) mass is 416 g/mol. The van der Waals surface area contributed by atoms with E-state index in [2.05, 4.69) is 0 Å². The van der Waals surface area contributed by atoms with Crippen molar-refractivity contribution >= 4 is 21.6 Å². The molecule has 1 saturated heterocycles. The van der Waals surface area contributed by atoms with Crippen molar-refractivity contribution in [2.45, 2.75) is 24.3 Å². The molecule has 1 atom stereocenters. The lowest BCUT2D eigenvalue weighted by Gasteiger charge is -2.26. The lowest BCUT2D eigenvalue weighted by molar-refractivity contribution is -0.120. The number of carbonyl (C=O) groups is 1. The molecule has 0 saturated carbocycles. The second kappa shape index (κ2) is 8.14. The lowest BCUT2D eigenvalue weighted by Crippen LogP contribution is -2.40. The molecule has 8 heteroatoms. The van der Waals surface area contributed by atoms with Gasteiger partial charge in [-0.2, -0.15) is 4.31 Å². The van der Waals surface area contributed by atoms with Crippen LogP contribution < -0.4 is 9.64 Å². The first kappa shape index (κ1) is 19.9. The summed E-state index contributed by atoms with van der Waals surface area (Å²) in [7, 11) is -3.54. The second-order valence-corrected chi connectivity index (χ2v) is 9.16. The first-order valence-electron chi connectivity index (χ1n) is 9.67. The number of amides is 1. The zero-order valence-electron chi connectivity index (χ0n) is 16.3. The average Bonchev–Trinajstić information content (AvgIpc) is 3.08. The van der Waals surface area contributed by atoms with E-state index in [1.165, 1.54) is 16.4 Å². The van der Waals surface area contributed by atoms with Gasteiger partial charge in [0.05, 0.1) is 18.1 Å². The molecule has 0 radical (unpaired) electrons.